The van der Waals surface area contributed by atoms with Gasteiger partial charge in [0, 0.05) is 61.4 Å². The summed E-state index contributed by atoms with van der Waals surface area (Å²) in [6.07, 6.45) is 3.88. The van der Waals surface area contributed by atoms with Gasteiger partial charge in [-0.3, -0.25) is 14.7 Å². The summed E-state index contributed by atoms with van der Waals surface area (Å²) in [7, 11) is 0. The van der Waals surface area contributed by atoms with Crippen LogP contribution in [0.15, 0.2) is 59.8 Å². The molecule has 0 bridgehead atoms. The Morgan fingerprint density at radius 1 is 1.15 bits per heavy atom. The SMILES string of the molecule is CCOc1ccc(/C=N/NC(=O)CCN2CCN(c3ccnc4cc(Cl)ccc34)CC2)cc1. The molecule has 0 unspecified atom stereocenters. The molecule has 1 N–H and O–H groups in total. The number of pyridine rings is 1. The van der Waals surface area contributed by atoms with Gasteiger partial charge in [0.25, 0.3) is 0 Å². The lowest BCUT2D eigenvalue weighted by Crippen LogP contribution is -2.47. The van der Waals surface area contributed by atoms with Crippen molar-refractivity contribution in [3.63, 3.8) is 0 Å². The summed E-state index contributed by atoms with van der Waals surface area (Å²) in [6, 6.07) is 15.5. The zero-order valence-corrected chi connectivity index (χ0v) is 19.5. The number of nitrogens with zero attached hydrogens (tertiary/aromatic N) is 4. The van der Waals surface area contributed by atoms with Crippen LogP contribution in [-0.2, 0) is 4.79 Å². The van der Waals surface area contributed by atoms with Gasteiger partial charge in [0.2, 0.25) is 5.91 Å². The molecule has 4 rings (SSSR count). The number of hydrogen-bond donors (Lipinski definition) is 1. The Balaban J connectivity index is 1.21. The van der Waals surface area contributed by atoms with E-state index < -0.39 is 0 Å². The molecular formula is C25H28ClN5O2. The summed E-state index contributed by atoms with van der Waals surface area (Å²) in [4.78, 5) is 21.3. The van der Waals surface area contributed by atoms with Gasteiger partial charge in [-0.2, -0.15) is 5.10 Å². The second-order valence-electron chi connectivity index (χ2n) is 7.87. The van der Waals surface area contributed by atoms with Crippen LogP contribution in [0.2, 0.25) is 5.02 Å². The molecule has 3 aromatic rings. The summed E-state index contributed by atoms with van der Waals surface area (Å²) < 4.78 is 5.42. The zero-order valence-electron chi connectivity index (χ0n) is 18.7. The number of amides is 1. The van der Waals surface area contributed by atoms with Crippen LogP contribution in [0, 0.1) is 0 Å². The number of ether oxygens (including phenoxy) is 1. The number of anilines is 1. The molecule has 1 saturated heterocycles. The van der Waals surface area contributed by atoms with E-state index in [-0.39, 0.29) is 5.91 Å². The van der Waals surface area contributed by atoms with Crippen molar-refractivity contribution in [2.24, 2.45) is 5.10 Å². The molecule has 1 amide bonds. The Bertz CT molecular complexity index is 1110. The Labute approximate surface area is 199 Å². The van der Waals surface area contributed by atoms with E-state index in [0.717, 1.165) is 48.4 Å². The molecule has 1 fully saturated rings. The second kappa shape index (κ2) is 11.1. The number of carbonyl (C=O) groups is 1. The predicted octanol–water partition coefficient (Wildman–Crippen LogP) is 3.95. The van der Waals surface area contributed by atoms with E-state index in [1.165, 1.54) is 5.69 Å². The molecule has 0 radical (unpaired) electrons. The summed E-state index contributed by atoms with van der Waals surface area (Å²) in [5.74, 6) is 0.733. The van der Waals surface area contributed by atoms with Gasteiger partial charge in [-0.1, -0.05) is 11.6 Å². The molecule has 1 aliphatic heterocycles. The highest BCUT2D eigenvalue weighted by Crippen LogP contribution is 2.28. The van der Waals surface area contributed by atoms with Crippen LogP contribution in [0.3, 0.4) is 0 Å². The van der Waals surface area contributed by atoms with Crippen molar-refractivity contribution < 1.29 is 9.53 Å². The molecule has 2 aromatic carbocycles. The number of nitrogens with one attached hydrogen (secondary N) is 1. The third-order valence-electron chi connectivity index (χ3n) is 5.64. The molecule has 7 nitrogen and oxygen atoms in total. The summed E-state index contributed by atoms with van der Waals surface area (Å²) in [5.41, 5.74) is 5.60. The lowest BCUT2D eigenvalue weighted by atomic mass is 10.1. The first-order valence-corrected chi connectivity index (χ1v) is 11.6. The van der Waals surface area contributed by atoms with Crippen LogP contribution in [0.5, 0.6) is 5.75 Å². The van der Waals surface area contributed by atoms with Crippen LogP contribution >= 0.6 is 11.6 Å². The molecule has 0 spiro atoms. The van der Waals surface area contributed by atoms with Crippen molar-refractivity contribution in [3.05, 3.63) is 65.3 Å². The molecule has 0 atom stereocenters. The van der Waals surface area contributed by atoms with Gasteiger partial charge < -0.3 is 9.64 Å². The average molecular weight is 466 g/mol. The first-order chi connectivity index (χ1) is 16.1. The summed E-state index contributed by atoms with van der Waals surface area (Å²) in [6.45, 7) is 6.91. The van der Waals surface area contributed by atoms with Crippen molar-refractivity contribution in [2.45, 2.75) is 13.3 Å². The van der Waals surface area contributed by atoms with Crippen LogP contribution in [0.4, 0.5) is 5.69 Å². The van der Waals surface area contributed by atoms with Crippen LogP contribution < -0.4 is 15.1 Å². The quantitative estimate of drug-likeness (QED) is 0.403. The van der Waals surface area contributed by atoms with Crippen LogP contribution in [0.25, 0.3) is 10.9 Å². The topological polar surface area (TPSA) is 70.1 Å². The van der Waals surface area contributed by atoms with Gasteiger partial charge in [-0.15, -0.1) is 0 Å². The number of carbonyl (C=O) groups excluding carboxylic acids is 1. The summed E-state index contributed by atoms with van der Waals surface area (Å²) >= 11 is 6.11. The minimum absolute atomic E-state index is 0.0865. The maximum absolute atomic E-state index is 12.2. The molecule has 1 aromatic heterocycles. The van der Waals surface area contributed by atoms with Crippen LogP contribution in [0.1, 0.15) is 18.9 Å². The molecule has 33 heavy (non-hydrogen) atoms. The number of benzene rings is 2. The minimum atomic E-state index is -0.0865. The molecule has 0 saturated carbocycles. The van der Waals surface area contributed by atoms with Gasteiger partial charge >= 0.3 is 0 Å². The van der Waals surface area contributed by atoms with E-state index in [9.17, 15) is 4.79 Å². The Kier molecular flexibility index (Phi) is 7.75. The van der Waals surface area contributed by atoms with Crippen molar-refractivity contribution >= 4 is 40.3 Å². The molecule has 8 heteroatoms. The van der Waals surface area contributed by atoms with Crippen molar-refractivity contribution in [1.82, 2.24) is 15.3 Å². The van der Waals surface area contributed by atoms with Gasteiger partial charge in [-0.05, 0) is 61.0 Å². The normalized spacial score (nSPS) is 14.7. The molecule has 1 aliphatic rings. The van der Waals surface area contributed by atoms with E-state index >= 15 is 0 Å². The highest BCUT2D eigenvalue weighted by Gasteiger charge is 2.19. The van der Waals surface area contributed by atoms with Gasteiger partial charge in [0.05, 0.1) is 18.3 Å². The highest BCUT2D eigenvalue weighted by atomic mass is 35.5. The highest BCUT2D eigenvalue weighted by molar-refractivity contribution is 6.31. The van der Waals surface area contributed by atoms with E-state index in [0.29, 0.717) is 24.6 Å². The Morgan fingerprint density at radius 2 is 1.94 bits per heavy atom. The van der Waals surface area contributed by atoms with Gasteiger partial charge in [0.1, 0.15) is 5.75 Å². The van der Waals surface area contributed by atoms with Crippen molar-refractivity contribution in [1.29, 1.82) is 0 Å². The second-order valence-corrected chi connectivity index (χ2v) is 8.30. The average Bonchev–Trinajstić information content (AvgIpc) is 2.84. The fraction of sp³-hybridized carbons (Fsp3) is 0.320. The number of hydrazone groups is 1. The Hall–Kier alpha value is -3.16. The number of hydrogen-bond acceptors (Lipinski definition) is 6. The predicted molar refractivity (Wildman–Crippen MR) is 133 cm³/mol. The summed E-state index contributed by atoms with van der Waals surface area (Å²) in [5, 5.41) is 5.87. The number of piperazine rings is 1. The largest absolute Gasteiger partial charge is 0.494 e. The first kappa shape index (κ1) is 23.0. The van der Waals surface area contributed by atoms with E-state index in [1.54, 1.807) is 6.21 Å². The monoisotopic (exact) mass is 465 g/mol. The lowest BCUT2D eigenvalue weighted by Gasteiger charge is -2.36. The van der Waals surface area contributed by atoms with Crippen molar-refractivity contribution in [3.8, 4) is 5.75 Å². The standard InChI is InChI=1S/C25H28ClN5O2/c1-2-33-21-6-3-19(4-7-21)18-28-29-25(32)10-12-30-13-15-31(16-14-30)24-9-11-27-23-17-20(26)5-8-22(23)24/h3-9,11,17-18H,2,10,12-16H2,1H3,(H,29,32)/b28-18+. The third-order valence-corrected chi connectivity index (χ3v) is 5.88. The van der Waals surface area contributed by atoms with Gasteiger partial charge in [-0.25, -0.2) is 5.43 Å². The minimum Gasteiger partial charge on any atom is -0.494 e. The maximum atomic E-state index is 12.2. The van der Waals surface area contributed by atoms with Crippen LogP contribution in [-0.4, -0.2) is 61.3 Å². The molecule has 0 aliphatic carbocycles. The maximum Gasteiger partial charge on any atom is 0.241 e. The molecular weight excluding hydrogens is 438 g/mol. The van der Waals surface area contributed by atoms with Crippen molar-refractivity contribution in [2.75, 3.05) is 44.2 Å². The van der Waals surface area contributed by atoms with E-state index in [4.69, 9.17) is 16.3 Å². The number of aromatic nitrogens is 1. The first-order valence-electron chi connectivity index (χ1n) is 11.2. The fourth-order valence-corrected chi connectivity index (χ4v) is 4.07. The van der Waals surface area contributed by atoms with Gasteiger partial charge in [0.15, 0.2) is 0 Å². The zero-order chi connectivity index (χ0) is 23.0. The third kappa shape index (κ3) is 6.21. The fourth-order valence-electron chi connectivity index (χ4n) is 3.91. The Morgan fingerprint density at radius 3 is 2.70 bits per heavy atom. The number of rotatable bonds is 8. The number of halogens is 1. The molecule has 172 valence electrons. The molecule has 2 heterocycles. The van der Waals surface area contributed by atoms with E-state index in [1.807, 2.05) is 55.6 Å². The lowest BCUT2D eigenvalue weighted by molar-refractivity contribution is -0.121. The van der Waals surface area contributed by atoms with E-state index in [2.05, 4.69) is 31.4 Å². The smallest absolute Gasteiger partial charge is 0.241 e. The number of fused-ring (bicyclic) bond motifs is 1.